The molecule has 3 rings (SSSR count). The van der Waals surface area contributed by atoms with Crippen molar-refractivity contribution < 1.29 is 18.7 Å². The van der Waals surface area contributed by atoms with Gasteiger partial charge in [-0.25, -0.2) is 14.2 Å². The number of rotatable bonds is 6. The Labute approximate surface area is 159 Å². The van der Waals surface area contributed by atoms with E-state index in [-0.39, 0.29) is 18.3 Å². The number of thiazole rings is 1. The first-order chi connectivity index (χ1) is 13.0. The first-order valence-corrected chi connectivity index (χ1v) is 9.02. The second-order valence-corrected chi connectivity index (χ2v) is 6.93. The fraction of sp³-hybridized carbons (Fsp3) is 0.150. The number of fused-ring (bicyclic) bond motifs is 1. The van der Waals surface area contributed by atoms with Crippen molar-refractivity contribution in [3.63, 3.8) is 0 Å². The first-order valence-electron chi connectivity index (χ1n) is 8.20. The summed E-state index contributed by atoms with van der Waals surface area (Å²) in [6.45, 7) is -0.00483. The zero-order chi connectivity index (χ0) is 19.2. The van der Waals surface area contributed by atoms with Gasteiger partial charge in [-0.1, -0.05) is 24.3 Å². The third kappa shape index (κ3) is 5.21. The van der Waals surface area contributed by atoms with Crippen LogP contribution in [0.25, 0.3) is 16.3 Å². The molecule has 0 saturated carbocycles. The van der Waals surface area contributed by atoms with E-state index in [1.807, 2.05) is 24.3 Å². The van der Waals surface area contributed by atoms with Gasteiger partial charge in [-0.2, -0.15) is 0 Å². The molecule has 0 aliphatic heterocycles. The van der Waals surface area contributed by atoms with Gasteiger partial charge in [0.15, 0.2) is 6.61 Å². The van der Waals surface area contributed by atoms with Crippen molar-refractivity contribution >= 4 is 39.5 Å². The number of likely N-dealkylation sites (N-methyl/N-ethyl adjacent to an activating group) is 1. The molecular weight excluding hydrogens is 367 g/mol. The molecule has 3 aromatic rings. The van der Waals surface area contributed by atoms with Crippen molar-refractivity contribution in [2.24, 2.45) is 0 Å². The Hall–Kier alpha value is -3.06. The van der Waals surface area contributed by atoms with Crippen LogP contribution in [0.4, 0.5) is 4.39 Å². The van der Waals surface area contributed by atoms with E-state index in [4.69, 9.17) is 4.74 Å². The van der Waals surface area contributed by atoms with Crippen molar-refractivity contribution in [1.29, 1.82) is 0 Å². The average molecular weight is 384 g/mol. The summed E-state index contributed by atoms with van der Waals surface area (Å²) in [5.74, 6) is -1.31. The normalized spacial score (nSPS) is 11.0. The highest BCUT2D eigenvalue weighted by molar-refractivity contribution is 7.18. The number of nitrogens with zero attached hydrogens (tertiary/aromatic N) is 2. The van der Waals surface area contributed by atoms with Crippen LogP contribution < -0.4 is 0 Å². The van der Waals surface area contributed by atoms with E-state index in [0.29, 0.717) is 12.1 Å². The molecule has 0 aliphatic carbocycles. The summed E-state index contributed by atoms with van der Waals surface area (Å²) in [5.41, 5.74) is 1.56. The Kier molecular flexibility index (Phi) is 5.93. The fourth-order valence-corrected chi connectivity index (χ4v) is 3.33. The number of halogens is 1. The minimum absolute atomic E-state index is 0.321. The van der Waals surface area contributed by atoms with E-state index in [1.165, 1.54) is 52.7 Å². The molecule has 0 spiro atoms. The standard InChI is InChI=1S/C20H17FN2O3S/c1-23(12-18-22-16-4-2-3-5-17(16)27-18)19(24)13-26-20(25)11-8-14-6-9-15(21)10-7-14/h2-11H,12-13H2,1H3/b11-8+. The monoisotopic (exact) mass is 384 g/mol. The average Bonchev–Trinajstić information content (AvgIpc) is 3.07. The van der Waals surface area contributed by atoms with Crippen molar-refractivity contribution in [2.75, 3.05) is 13.7 Å². The minimum Gasteiger partial charge on any atom is -0.452 e. The van der Waals surface area contributed by atoms with Crippen LogP contribution in [0.5, 0.6) is 0 Å². The number of amides is 1. The van der Waals surface area contributed by atoms with E-state index in [9.17, 15) is 14.0 Å². The molecule has 2 aromatic carbocycles. The zero-order valence-electron chi connectivity index (χ0n) is 14.6. The molecule has 0 atom stereocenters. The fourth-order valence-electron chi connectivity index (χ4n) is 2.31. The molecule has 0 N–H and O–H groups in total. The number of ether oxygens (including phenoxy) is 1. The summed E-state index contributed by atoms with van der Waals surface area (Å²) in [6.07, 6.45) is 2.70. The Morgan fingerprint density at radius 1 is 1.19 bits per heavy atom. The highest BCUT2D eigenvalue weighted by Crippen LogP contribution is 2.22. The largest absolute Gasteiger partial charge is 0.452 e. The van der Waals surface area contributed by atoms with Gasteiger partial charge in [-0.3, -0.25) is 4.79 Å². The molecule has 7 heteroatoms. The van der Waals surface area contributed by atoms with E-state index in [1.54, 1.807) is 7.05 Å². The molecule has 1 heterocycles. The lowest BCUT2D eigenvalue weighted by Gasteiger charge is -2.15. The molecule has 0 fully saturated rings. The molecule has 27 heavy (non-hydrogen) atoms. The Morgan fingerprint density at radius 3 is 2.67 bits per heavy atom. The van der Waals surface area contributed by atoms with Gasteiger partial charge < -0.3 is 9.64 Å². The van der Waals surface area contributed by atoms with Gasteiger partial charge in [-0.05, 0) is 35.9 Å². The molecule has 138 valence electrons. The van der Waals surface area contributed by atoms with Gasteiger partial charge in [-0.15, -0.1) is 11.3 Å². The van der Waals surface area contributed by atoms with Gasteiger partial charge in [0.2, 0.25) is 0 Å². The predicted octanol–water partition coefficient (Wildman–Crippen LogP) is 3.65. The molecule has 1 aromatic heterocycles. The molecule has 0 bridgehead atoms. The molecule has 0 unspecified atom stereocenters. The number of carbonyl (C=O) groups excluding carboxylic acids is 2. The molecule has 0 aliphatic rings. The summed E-state index contributed by atoms with van der Waals surface area (Å²) >= 11 is 1.52. The summed E-state index contributed by atoms with van der Waals surface area (Å²) < 4.78 is 18.8. The van der Waals surface area contributed by atoms with Crippen LogP contribution in [-0.2, 0) is 20.9 Å². The maximum Gasteiger partial charge on any atom is 0.331 e. The van der Waals surface area contributed by atoms with Crippen molar-refractivity contribution in [3.05, 3.63) is 71.0 Å². The summed E-state index contributed by atoms with van der Waals surface area (Å²) in [5, 5.41) is 0.814. The topological polar surface area (TPSA) is 59.5 Å². The van der Waals surface area contributed by atoms with Gasteiger partial charge in [0.05, 0.1) is 16.8 Å². The number of esters is 1. The van der Waals surface area contributed by atoms with Crippen molar-refractivity contribution in [3.8, 4) is 0 Å². The number of aromatic nitrogens is 1. The molecule has 0 radical (unpaired) electrons. The number of carbonyl (C=O) groups is 2. The molecular formula is C20H17FN2O3S. The van der Waals surface area contributed by atoms with E-state index >= 15 is 0 Å². The van der Waals surface area contributed by atoms with E-state index in [0.717, 1.165) is 15.2 Å². The van der Waals surface area contributed by atoms with Crippen LogP contribution in [0.2, 0.25) is 0 Å². The van der Waals surface area contributed by atoms with Gasteiger partial charge >= 0.3 is 5.97 Å². The lowest BCUT2D eigenvalue weighted by Crippen LogP contribution is -2.30. The Morgan fingerprint density at radius 2 is 1.93 bits per heavy atom. The Bertz CT molecular complexity index is 949. The van der Waals surface area contributed by atoms with E-state index in [2.05, 4.69) is 4.98 Å². The number of benzene rings is 2. The van der Waals surface area contributed by atoms with Crippen LogP contribution in [0.3, 0.4) is 0 Å². The molecule has 5 nitrogen and oxygen atoms in total. The maximum absolute atomic E-state index is 12.8. The van der Waals surface area contributed by atoms with Gasteiger partial charge in [0.25, 0.3) is 5.91 Å². The predicted molar refractivity (Wildman–Crippen MR) is 102 cm³/mol. The molecule has 1 amide bonds. The number of para-hydroxylation sites is 1. The SMILES string of the molecule is CN(Cc1nc2ccccc2s1)C(=O)COC(=O)/C=C/c1ccc(F)cc1. The van der Waals surface area contributed by atoms with Crippen molar-refractivity contribution in [2.45, 2.75) is 6.54 Å². The highest BCUT2D eigenvalue weighted by Gasteiger charge is 2.13. The third-order valence-electron chi connectivity index (χ3n) is 3.76. The summed E-state index contributed by atoms with van der Waals surface area (Å²) in [7, 11) is 1.64. The van der Waals surface area contributed by atoms with Crippen LogP contribution in [0, 0.1) is 5.82 Å². The van der Waals surface area contributed by atoms with Crippen molar-refractivity contribution in [1.82, 2.24) is 9.88 Å². The lowest BCUT2D eigenvalue weighted by atomic mass is 10.2. The highest BCUT2D eigenvalue weighted by atomic mass is 32.1. The maximum atomic E-state index is 12.8. The number of hydrogen-bond donors (Lipinski definition) is 0. The minimum atomic E-state index is -0.638. The Balaban J connectivity index is 1.49. The summed E-state index contributed by atoms with van der Waals surface area (Å²) in [6, 6.07) is 13.4. The second kappa shape index (κ2) is 8.55. The van der Waals surface area contributed by atoms with Gasteiger partial charge in [0, 0.05) is 13.1 Å². The number of hydrogen-bond acceptors (Lipinski definition) is 5. The molecule has 0 saturated heterocycles. The van der Waals surface area contributed by atoms with Crippen LogP contribution >= 0.6 is 11.3 Å². The van der Waals surface area contributed by atoms with Crippen LogP contribution in [-0.4, -0.2) is 35.4 Å². The first kappa shape index (κ1) is 18.7. The third-order valence-corrected chi connectivity index (χ3v) is 4.78. The summed E-state index contributed by atoms with van der Waals surface area (Å²) in [4.78, 5) is 29.8. The lowest BCUT2D eigenvalue weighted by molar-refractivity contribution is -0.147. The zero-order valence-corrected chi connectivity index (χ0v) is 15.4. The second-order valence-electron chi connectivity index (χ2n) is 5.82. The smallest absolute Gasteiger partial charge is 0.331 e. The van der Waals surface area contributed by atoms with Crippen LogP contribution in [0.15, 0.2) is 54.6 Å². The van der Waals surface area contributed by atoms with E-state index < -0.39 is 5.97 Å². The van der Waals surface area contributed by atoms with Gasteiger partial charge in [0.1, 0.15) is 10.8 Å². The quantitative estimate of drug-likeness (QED) is 0.481. The van der Waals surface area contributed by atoms with Crippen LogP contribution in [0.1, 0.15) is 10.6 Å².